The number of benzene rings is 3. The van der Waals surface area contributed by atoms with Crippen LogP contribution in [-0.4, -0.2) is 77.4 Å². The number of ether oxygens (including phenoxy) is 2. The highest BCUT2D eigenvalue weighted by Crippen LogP contribution is 2.29. The minimum Gasteiger partial charge on any atom is -0.488 e. The molecule has 1 aliphatic rings. The van der Waals surface area contributed by atoms with Crippen molar-refractivity contribution in [1.82, 2.24) is 19.4 Å². The Morgan fingerprint density at radius 2 is 1.62 bits per heavy atom. The Morgan fingerprint density at radius 3 is 2.28 bits per heavy atom. The van der Waals surface area contributed by atoms with E-state index in [1.165, 1.54) is 11.0 Å². The van der Waals surface area contributed by atoms with Gasteiger partial charge in [0.1, 0.15) is 23.8 Å². The number of halogens is 5. The number of fused-ring (bicyclic) bond motifs is 1. The number of carbonyl (C=O) groups is 2. The van der Waals surface area contributed by atoms with Crippen LogP contribution in [0.3, 0.4) is 0 Å². The molecule has 3 heterocycles. The van der Waals surface area contributed by atoms with Gasteiger partial charge in [-0.05, 0) is 60.2 Å². The summed E-state index contributed by atoms with van der Waals surface area (Å²) in [5.41, 5.74) is 3.43. The molecule has 0 N–H and O–H groups in total. The van der Waals surface area contributed by atoms with Gasteiger partial charge in [0.05, 0.1) is 27.4 Å². The third kappa shape index (κ3) is 8.55. The molecule has 1 saturated heterocycles. The number of hydrogen-bond donors (Lipinski definition) is 0. The fraction of sp³-hybridized carbons (Fsp3) is 0.250. The molecule has 262 valence electrons. The summed E-state index contributed by atoms with van der Waals surface area (Å²) in [5, 5.41) is 1.58. The Bertz CT molecular complexity index is 1970. The number of aryl methyl sites for hydroxylation is 1. The van der Waals surface area contributed by atoms with Crippen molar-refractivity contribution in [2.24, 2.45) is 7.05 Å². The molecule has 6 rings (SSSR count). The molecule has 0 aliphatic carbocycles. The van der Waals surface area contributed by atoms with Gasteiger partial charge >= 0.3 is 0 Å². The van der Waals surface area contributed by atoms with Gasteiger partial charge in [-0.1, -0.05) is 35.3 Å². The molecular formula is C36H34BrCl2F2N5O4. The topological polar surface area (TPSA) is 80.1 Å². The van der Waals surface area contributed by atoms with Crippen molar-refractivity contribution in [3.05, 3.63) is 112 Å². The third-order valence-corrected chi connectivity index (χ3v) is 9.14. The first-order valence-corrected chi connectivity index (χ1v) is 16.3. The summed E-state index contributed by atoms with van der Waals surface area (Å²) < 4.78 is 37.7. The van der Waals surface area contributed by atoms with E-state index in [1.54, 1.807) is 49.6 Å². The molecule has 5 aromatic rings. The lowest BCUT2D eigenvalue weighted by atomic mass is 10.2. The lowest BCUT2D eigenvalue weighted by Gasteiger charge is -2.34. The molecule has 50 heavy (non-hydrogen) atoms. The number of rotatable bonds is 10. The zero-order valence-electron chi connectivity index (χ0n) is 27.2. The molecule has 1 aliphatic heterocycles. The van der Waals surface area contributed by atoms with E-state index in [0.717, 1.165) is 16.5 Å². The van der Waals surface area contributed by atoms with E-state index in [0.29, 0.717) is 77.1 Å². The average Bonchev–Trinajstić information content (AvgIpc) is 3.44. The fourth-order valence-electron chi connectivity index (χ4n) is 5.65. The monoisotopic (exact) mass is 787 g/mol. The van der Waals surface area contributed by atoms with Gasteiger partial charge < -0.3 is 23.8 Å². The van der Waals surface area contributed by atoms with Gasteiger partial charge in [0.15, 0.2) is 0 Å². The van der Waals surface area contributed by atoms with E-state index < -0.39 is 13.0 Å². The SMILES string of the molecule is Br.CN(C(=O)c1ccc(Cl)c(Cl)c1)c1ccc(Oc2ccc3cc(C(=O)N4CCN(Cc5ccc(OCC(F)F)cc5)CC4)n(C)c3c2)nc1. The Kier molecular flexibility index (Phi) is 12.0. The second-order valence-corrected chi connectivity index (χ2v) is 12.5. The Labute approximate surface area is 308 Å². The molecule has 3 aromatic carbocycles. The largest absolute Gasteiger partial charge is 0.488 e. The highest BCUT2D eigenvalue weighted by atomic mass is 79.9. The van der Waals surface area contributed by atoms with Crippen molar-refractivity contribution in [2.45, 2.75) is 13.0 Å². The molecule has 2 amide bonds. The number of hydrogen-bond acceptors (Lipinski definition) is 6. The molecule has 0 radical (unpaired) electrons. The summed E-state index contributed by atoms with van der Waals surface area (Å²) in [4.78, 5) is 36.5. The van der Waals surface area contributed by atoms with Crippen molar-refractivity contribution in [1.29, 1.82) is 0 Å². The number of anilines is 1. The molecule has 0 unspecified atom stereocenters. The highest BCUT2D eigenvalue weighted by Gasteiger charge is 2.25. The van der Waals surface area contributed by atoms with Gasteiger partial charge in [-0.2, -0.15) is 0 Å². The first-order valence-electron chi connectivity index (χ1n) is 15.5. The van der Waals surface area contributed by atoms with Crippen molar-refractivity contribution >= 4 is 68.6 Å². The summed E-state index contributed by atoms with van der Waals surface area (Å²) in [6.45, 7) is 2.66. The van der Waals surface area contributed by atoms with Crippen LogP contribution in [0.15, 0.2) is 85.1 Å². The van der Waals surface area contributed by atoms with Crippen LogP contribution in [-0.2, 0) is 13.6 Å². The molecule has 0 spiro atoms. The molecule has 9 nitrogen and oxygen atoms in total. The molecular weight excluding hydrogens is 755 g/mol. The lowest BCUT2D eigenvalue weighted by molar-refractivity contribution is 0.0619. The normalized spacial score (nSPS) is 13.3. The van der Waals surface area contributed by atoms with Gasteiger partial charge in [-0.3, -0.25) is 14.5 Å². The summed E-state index contributed by atoms with van der Waals surface area (Å²) in [7, 11) is 3.50. The zero-order valence-corrected chi connectivity index (χ0v) is 30.4. The number of carbonyl (C=O) groups excluding carboxylic acids is 2. The summed E-state index contributed by atoms with van der Waals surface area (Å²) in [6, 6.07) is 22.8. The van der Waals surface area contributed by atoms with E-state index in [2.05, 4.69) is 9.88 Å². The van der Waals surface area contributed by atoms with Crippen LogP contribution in [0.25, 0.3) is 10.9 Å². The quantitative estimate of drug-likeness (QED) is 0.142. The number of amides is 2. The predicted molar refractivity (Wildman–Crippen MR) is 196 cm³/mol. The van der Waals surface area contributed by atoms with Gasteiger partial charge in [-0.25, -0.2) is 13.8 Å². The van der Waals surface area contributed by atoms with E-state index in [-0.39, 0.29) is 28.8 Å². The third-order valence-electron chi connectivity index (χ3n) is 8.40. The molecule has 0 saturated carbocycles. The van der Waals surface area contributed by atoms with E-state index in [1.807, 2.05) is 52.9 Å². The summed E-state index contributed by atoms with van der Waals surface area (Å²) in [5.74, 6) is 1.01. The second-order valence-electron chi connectivity index (χ2n) is 11.7. The minimum absolute atomic E-state index is 0. The number of nitrogens with zero attached hydrogens (tertiary/aromatic N) is 5. The molecule has 0 atom stereocenters. The highest BCUT2D eigenvalue weighted by molar-refractivity contribution is 8.93. The molecule has 1 fully saturated rings. The van der Waals surface area contributed by atoms with Crippen LogP contribution in [0.1, 0.15) is 26.4 Å². The number of pyridine rings is 1. The first kappa shape index (κ1) is 37.0. The maximum absolute atomic E-state index is 13.6. The summed E-state index contributed by atoms with van der Waals surface area (Å²) in [6.07, 6.45) is -0.962. The number of piperazine rings is 1. The van der Waals surface area contributed by atoms with Crippen LogP contribution < -0.4 is 14.4 Å². The smallest absolute Gasteiger partial charge is 0.272 e. The molecule has 14 heteroatoms. The van der Waals surface area contributed by atoms with Crippen molar-refractivity contribution in [3.8, 4) is 17.4 Å². The van der Waals surface area contributed by atoms with Gasteiger partial charge in [0.25, 0.3) is 18.2 Å². The fourth-order valence-corrected chi connectivity index (χ4v) is 5.95. The Balaban J connectivity index is 0.00000486. The maximum atomic E-state index is 13.6. The van der Waals surface area contributed by atoms with E-state index >= 15 is 0 Å². The number of alkyl halides is 2. The second kappa shape index (κ2) is 16.2. The van der Waals surface area contributed by atoms with Crippen molar-refractivity contribution in [2.75, 3.05) is 44.7 Å². The standard InChI is InChI=1S/C36H33Cl2F2N5O4.BrH/c1-42(35(46)25-6-11-29(37)30(38)17-25)26-7-12-34(41-20-26)49-28-10-5-24-18-32(43(2)31(24)19-28)36(47)45-15-13-44(14-16-45)21-23-3-8-27(9-4-23)48-22-33(39)40;/h3-12,17-20,33H,13-16,21-22H2,1-2H3;1H. The summed E-state index contributed by atoms with van der Waals surface area (Å²) >= 11 is 12.1. The lowest BCUT2D eigenvalue weighted by Crippen LogP contribution is -2.48. The predicted octanol–water partition coefficient (Wildman–Crippen LogP) is 8.13. The van der Waals surface area contributed by atoms with Gasteiger partial charge in [-0.15, -0.1) is 17.0 Å². The molecule has 0 bridgehead atoms. The van der Waals surface area contributed by atoms with E-state index in [4.69, 9.17) is 32.7 Å². The minimum atomic E-state index is -2.51. The Morgan fingerprint density at radius 1 is 0.900 bits per heavy atom. The van der Waals surface area contributed by atoms with Gasteiger partial charge in [0, 0.05) is 69.9 Å². The van der Waals surface area contributed by atoms with Crippen LogP contribution in [0.2, 0.25) is 10.0 Å². The van der Waals surface area contributed by atoms with Crippen LogP contribution in [0, 0.1) is 0 Å². The van der Waals surface area contributed by atoms with Crippen LogP contribution >= 0.6 is 40.2 Å². The van der Waals surface area contributed by atoms with Crippen LogP contribution in [0.4, 0.5) is 14.5 Å². The maximum Gasteiger partial charge on any atom is 0.272 e. The first-order chi connectivity index (χ1) is 23.5. The zero-order chi connectivity index (χ0) is 34.7. The van der Waals surface area contributed by atoms with Gasteiger partial charge in [0.2, 0.25) is 5.88 Å². The van der Waals surface area contributed by atoms with Crippen LogP contribution in [0.5, 0.6) is 17.4 Å². The van der Waals surface area contributed by atoms with Crippen molar-refractivity contribution in [3.63, 3.8) is 0 Å². The van der Waals surface area contributed by atoms with Crippen molar-refractivity contribution < 1.29 is 27.8 Å². The van der Waals surface area contributed by atoms with E-state index in [9.17, 15) is 18.4 Å². The molecule has 2 aromatic heterocycles. The number of aromatic nitrogens is 2. The Hall–Kier alpha value is -4.23. The average molecular weight is 790 g/mol.